The van der Waals surface area contributed by atoms with Gasteiger partial charge in [0.2, 0.25) is 0 Å². The van der Waals surface area contributed by atoms with E-state index in [9.17, 15) is 9.59 Å². The molecule has 1 unspecified atom stereocenters. The van der Waals surface area contributed by atoms with Crippen LogP contribution in [0, 0.1) is 0 Å². The number of carboxylic acid groups (broad SMARTS) is 1. The average molecular weight is 411 g/mol. The molecule has 1 heterocycles. The number of methoxy groups -OCH3 is 1. The second-order valence-corrected chi connectivity index (χ2v) is 5.60. The van der Waals surface area contributed by atoms with Crippen molar-refractivity contribution >= 4 is 5.97 Å². The Morgan fingerprint density at radius 1 is 1.69 bits per heavy atom. The molecule has 0 saturated heterocycles. The molecule has 1 atom stereocenters. The van der Waals surface area contributed by atoms with Crippen LogP contribution in [0.4, 0.5) is 0 Å². The third-order valence-corrected chi connectivity index (χ3v) is 4.80. The van der Waals surface area contributed by atoms with Gasteiger partial charge in [0, 0.05) is 0 Å². The summed E-state index contributed by atoms with van der Waals surface area (Å²) in [4.78, 5) is 22.2. The topological polar surface area (TPSA) is 68.5 Å². The Hall–Kier alpha value is -0.685. The second-order valence-electron chi connectivity index (χ2n) is 3.36. The normalized spacial score (nSPS) is 12.4. The molecule has 0 fully saturated rings. The molecular formula is C10H12HgNO4. The van der Waals surface area contributed by atoms with E-state index in [0.29, 0.717) is 32.7 Å². The molecule has 0 aliphatic carbocycles. The molecule has 1 aromatic heterocycles. The van der Waals surface area contributed by atoms with Gasteiger partial charge in [-0.1, -0.05) is 0 Å². The molecule has 6 heteroatoms. The standard InChI is InChI=1S/C10H12NO4.Hg/c1-7(15-2)6-11-4-3-8(10(13)14)5-9(11)12;/h3-5,7H,1,6H2,2H3,(H,13,14);. The summed E-state index contributed by atoms with van der Waals surface area (Å²) in [6, 6.07) is 2.56. The van der Waals surface area contributed by atoms with Crippen LogP contribution in [-0.2, 0) is 37.4 Å². The predicted molar refractivity (Wildman–Crippen MR) is 53.3 cm³/mol. The predicted octanol–water partition coefficient (Wildman–Crippen LogP) is 0.527. The molecule has 0 spiro atoms. The van der Waals surface area contributed by atoms with Crippen molar-refractivity contribution in [3.63, 3.8) is 0 Å². The molecular weight excluding hydrogens is 399 g/mol. The number of nitrogens with zero attached hydrogens (tertiary/aromatic N) is 1. The fourth-order valence-corrected chi connectivity index (χ4v) is 2.92. The van der Waals surface area contributed by atoms with Crippen LogP contribution in [0.1, 0.15) is 10.4 Å². The van der Waals surface area contributed by atoms with Crippen molar-refractivity contribution in [1.29, 1.82) is 0 Å². The van der Waals surface area contributed by atoms with E-state index >= 15 is 0 Å². The summed E-state index contributed by atoms with van der Waals surface area (Å²) in [6.07, 6.45) is 1.55. The minimum absolute atomic E-state index is 0.0184. The van der Waals surface area contributed by atoms with Gasteiger partial charge in [0.05, 0.1) is 0 Å². The van der Waals surface area contributed by atoms with E-state index in [2.05, 4.69) is 0 Å². The number of ether oxygens (including phenoxy) is 1. The zero-order valence-corrected chi connectivity index (χ0v) is 14.5. The summed E-state index contributed by atoms with van der Waals surface area (Å²) in [7, 11) is 1.62. The van der Waals surface area contributed by atoms with Gasteiger partial charge in [0.15, 0.2) is 0 Å². The van der Waals surface area contributed by atoms with E-state index in [0.717, 1.165) is 10.00 Å². The van der Waals surface area contributed by atoms with Gasteiger partial charge in [-0.05, 0) is 0 Å². The van der Waals surface area contributed by atoms with Crippen LogP contribution in [0.15, 0.2) is 23.1 Å². The third kappa shape index (κ3) is 3.42. The molecule has 0 aliphatic heterocycles. The van der Waals surface area contributed by atoms with Gasteiger partial charge in [-0.2, -0.15) is 0 Å². The second kappa shape index (κ2) is 6.15. The number of carbonyl (C=O) groups is 1. The van der Waals surface area contributed by atoms with Gasteiger partial charge in [-0.3, -0.25) is 0 Å². The van der Waals surface area contributed by atoms with E-state index < -0.39 is 5.97 Å². The van der Waals surface area contributed by atoms with Crippen LogP contribution in [0.25, 0.3) is 0 Å². The molecule has 0 aliphatic rings. The number of hydrogen-bond acceptors (Lipinski definition) is 3. The van der Waals surface area contributed by atoms with Gasteiger partial charge < -0.3 is 0 Å². The fourth-order valence-electron chi connectivity index (χ4n) is 1.29. The van der Waals surface area contributed by atoms with Crippen molar-refractivity contribution in [2.24, 2.45) is 0 Å². The number of aromatic nitrogens is 1. The molecule has 1 aromatic rings. The summed E-state index contributed by atoms with van der Waals surface area (Å²) in [6.45, 7) is 0.485. The Kier molecular flexibility index (Phi) is 5.14. The molecule has 16 heavy (non-hydrogen) atoms. The monoisotopic (exact) mass is 412 g/mol. The van der Waals surface area contributed by atoms with E-state index in [4.69, 9.17) is 9.84 Å². The number of carboxylic acids is 1. The van der Waals surface area contributed by atoms with Gasteiger partial charge in [0.25, 0.3) is 0 Å². The van der Waals surface area contributed by atoms with E-state index in [1.807, 2.05) is 0 Å². The summed E-state index contributed by atoms with van der Waals surface area (Å²) < 4.78 is 7.68. The summed E-state index contributed by atoms with van der Waals surface area (Å²) >= 11 is 0.617. The Balaban J connectivity index is 2.91. The van der Waals surface area contributed by atoms with Crippen LogP contribution in [-0.4, -0.2) is 28.9 Å². The first-order valence-electron chi connectivity index (χ1n) is 4.84. The summed E-state index contributed by atoms with van der Waals surface area (Å²) in [5, 5.41) is 8.71. The SMILES string of the molecule is COC([CH2][Hg])Cn1ccc(C(=O)O)cc1=O. The van der Waals surface area contributed by atoms with E-state index in [1.165, 1.54) is 16.8 Å². The third-order valence-electron chi connectivity index (χ3n) is 2.30. The van der Waals surface area contributed by atoms with Gasteiger partial charge in [-0.25, -0.2) is 0 Å². The van der Waals surface area contributed by atoms with E-state index in [1.54, 1.807) is 7.11 Å². The summed E-state index contributed by atoms with van der Waals surface area (Å²) in [5.74, 6) is -1.08. The van der Waals surface area contributed by atoms with Crippen molar-refractivity contribution in [3.05, 3.63) is 34.2 Å². The first kappa shape index (κ1) is 13.4. The minimum atomic E-state index is -1.08. The molecule has 0 radical (unpaired) electrons. The molecule has 0 saturated carbocycles. The molecule has 1 rings (SSSR count). The quantitative estimate of drug-likeness (QED) is 0.719. The van der Waals surface area contributed by atoms with Gasteiger partial charge >= 0.3 is 109 Å². The zero-order chi connectivity index (χ0) is 12.1. The van der Waals surface area contributed by atoms with Crippen LogP contribution in [0.3, 0.4) is 0 Å². The van der Waals surface area contributed by atoms with Crippen LogP contribution >= 0.6 is 0 Å². The van der Waals surface area contributed by atoms with Crippen molar-refractivity contribution in [1.82, 2.24) is 4.57 Å². The number of pyridine rings is 1. The Labute approximate surface area is 109 Å². The Morgan fingerprint density at radius 3 is 2.81 bits per heavy atom. The van der Waals surface area contributed by atoms with Crippen LogP contribution in [0.5, 0.6) is 0 Å². The number of hydrogen-bond donors (Lipinski definition) is 1. The van der Waals surface area contributed by atoms with Gasteiger partial charge in [0.1, 0.15) is 0 Å². The Bertz CT molecular complexity index is 425. The first-order chi connectivity index (χ1) is 7.58. The first-order valence-corrected chi connectivity index (χ1v) is 8.73. The van der Waals surface area contributed by atoms with Crippen molar-refractivity contribution in [3.8, 4) is 0 Å². The van der Waals surface area contributed by atoms with Crippen molar-refractivity contribution in [2.45, 2.75) is 16.6 Å². The van der Waals surface area contributed by atoms with Crippen LogP contribution in [0.2, 0.25) is 3.93 Å². The Morgan fingerprint density at radius 2 is 2.38 bits per heavy atom. The number of rotatable bonds is 5. The van der Waals surface area contributed by atoms with Crippen molar-refractivity contribution in [2.75, 3.05) is 7.11 Å². The van der Waals surface area contributed by atoms with E-state index in [-0.39, 0.29) is 17.2 Å². The molecule has 83 valence electrons. The molecule has 0 bridgehead atoms. The molecule has 0 amide bonds. The molecule has 0 aromatic carbocycles. The molecule has 5 nitrogen and oxygen atoms in total. The number of aromatic carboxylic acids is 1. The van der Waals surface area contributed by atoms with Crippen LogP contribution < -0.4 is 5.56 Å². The maximum absolute atomic E-state index is 11.6. The fraction of sp³-hybridized carbons (Fsp3) is 0.400. The maximum atomic E-state index is 11.6. The molecule has 1 N–H and O–H groups in total. The van der Waals surface area contributed by atoms with Gasteiger partial charge in [-0.15, -0.1) is 0 Å². The average Bonchev–Trinajstić information content (AvgIpc) is 2.27. The zero-order valence-electron chi connectivity index (χ0n) is 9.05. The van der Waals surface area contributed by atoms with Crippen molar-refractivity contribution < 1.29 is 40.8 Å². The summed E-state index contributed by atoms with van der Waals surface area (Å²) in [5.41, 5.74) is -0.284.